The number of amides is 1. The summed E-state index contributed by atoms with van der Waals surface area (Å²) in [6, 6.07) is 8.35. The van der Waals surface area contributed by atoms with Crippen LogP contribution < -0.4 is 0 Å². The second-order valence-electron chi connectivity index (χ2n) is 6.03. The Hall–Kier alpha value is -1.85. The van der Waals surface area contributed by atoms with Crippen LogP contribution in [-0.4, -0.2) is 46.1 Å². The smallest absolute Gasteiger partial charge is 0.411 e. The molecule has 0 saturated heterocycles. The SMILES string of the molecule is C=CCN(C(=O)OC(C)(C)C)[C@H](c1ccccc1)[C@@H](O)CO. The first-order valence-electron chi connectivity index (χ1n) is 7.24. The summed E-state index contributed by atoms with van der Waals surface area (Å²) in [6.45, 7) is 8.71. The van der Waals surface area contributed by atoms with Crippen molar-refractivity contribution >= 4 is 6.09 Å². The van der Waals surface area contributed by atoms with Gasteiger partial charge in [-0.15, -0.1) is 6.58 Å². The van der Waals surface area contributed by atoms with Crippen LogP contribution in [0.1, 0.15) is 32.4 Å². The van der Waals surface area contributed by atoms with Crippen LogP contribution in [-0.2, 0) is 4.74 Å². The Labute approximate surface area is 131 Å². The second-order valence-corrected chi connectivity index (χ2v) is 6.03. The summed E-state index contributed by atoms with van der Waals surface area (Å²) >= 11 is 0. The van der Waals surface area contributed by atoms with Crippen molar-refractivity contribution in [3.05, 3.63) is 48.6 Å². The standard InChI is InChI=1S/C17H25NO4/c1-5-11-18(16(21)22-17(2,3)4)15(14(20)12-19)13-9-7-6-8-10-13/h5-10,14-15,19-20H,1,11-12H2,2-4H3/t14-,15+/m0/s1. The molecule has 1 aromatic rings. The van der Waals surface area contributed by atoms with Crippen molar-refractivity contribution < 1.29 is 19.7 Å². The Morgan fingerprint density at radius 1 is 1.36 bits per heavy atom. The molecule has 0 heterocycles. The molecule has 2 atom stereocenters. The van der Waals surface area contributed by atoms with E-state index >= 15 is 0 Å². The average Bonchev–Trinajstić information content (AvgIpc) is 2.45. The molecule has 22 heavy (non-hydrogen) atoms. The van der Waals surface area contributed by atoms with E-state index in [1.807, 2.05) is 18.2 Å². The van der Waals surface area contributed by atoms with Gasteiger partial charge in [0, 0.05) is 6.54 Å². The Kier molecular flexibility index (Phi) is 6.59. The van der Waals surface area contributed by atoms with E-state index in [1.54, 1.807) is 39.0 Å². The molecule has 0 bridgehead atoms. The first-order valence-corrected chi connectivity index (χ1v) is 7.24. The maximum atomic E-state index is 12.4. The highest BCUT2D eigenvalue weighted by Gasteiger charge is 2.33. The molecule has 122 valence electrons. The van der Waals surface area contributed by atoms with Gasteiger partial charge in [-0.3, -0.25) is 4.90 Å². The lowest BCUT2D eigenvalue weighted by atomic mass is 10.00. The number of carbonyl (C=O) groups is 1. The highest BCUT2D eigenvalue weighted by atomic mass is 16.6. The van der Waals surface area contributed by atoms with E-state index < -0.39 is 30.4 Å². The van der Waals surface area contributed by atoms with Crippen molar-refractivity contribution in [1.29, 1.82) is 0 Å². The molecule has 5 heteroatoms. The average molecular weight is 307 g/mol. The van der Waals surface area contributed by atoms with Gasteiger partial charge in [0.25, 0.3) is 0 Å². The van der Waals surface area contributed by atoms with Crippen LogP contribution in [0, 0.1) is 0 Å². The van der Waals surface area contributed by atoms with Gasteiger partial charge in [-0.2, -0.15) is 0 Å². The summed E-state index contributed by atoms with van der Waals surface area (Å²) in [7, 11) is 0. The van der Waals surface area contributed by atoms with E-state index in [4.69, 9.17) is 4.74 Å². The fourth-order valence-corrected chi connectivity index (χ4v) is 2.12. The molecule has 1 rings (SSSR count). The zero-order valence-corrected chi connectivity index (χ0v) is 13.4. The number of ether oxygens (including phenoxy) is 1. The van der Waals surface area contributed by atoms with Crippen molar-refractivity contribution in [3.8, 4) is 0 Å². The number of carbonyl (C=O) groups excluding carboxylic acids is 1. The van der Waals surface area contributed by atoms with Gasteiger partial charge in [-0.05, 0) is 26.3 Å². The monoisotopic (exact) mass is 307 g/mol. The number of aliphatic hydroxyl groups excluding tert-OH is 2. The summed E-state index contributed by atoms with van der Waals surface area (Å²) in [4.78, 5) is 13.8. The van der Waals surface area contributed by atoms with E-state index in [9.17, 15) is 15.0 Å². The molecule has 0 unspecified atom stereocenters. The fraction of sp³-hybridized carbons (Fsp3) is 0.471. The Balaban J connectivity index is 3.15. The van der Waals surface area contributed by atoms with Gasteiger partial charge in [0.15, 0.2) is 0 Å². The molecular weight excluding hydrogens is 282 g/mol. The number of nitrogens with zero attached hydrogens (tertiary/aromatic N) is 1. The summed E-state index contributed by atoms with van der Waals surface area (Å²) < 4.78 is 5.40. The number of hydrogen-bond acceptors (Lipinski definition) is 4. The van der Waals surface area contributed by atoms with Gasteiger partial charge < -0.3 is 14.9 Å². The van der Waals surface area contributed by atoms with Crippen LogP contribution in [0.4, 0.5) is 4.79 Å². The zero-order valence-electron chi connectivity index (χ0n) is 13.4. The summed E-state index contributed by atoms with van der Waals surface area (Å²) in [5, 5.41) is 19.5. The molecule has 0 aliphatic heterocycles. The minimum Gasteiger partial charge on any atom is -0.444 e. The Morgan fingerprint density at radius 2 is 1.95 bits per heavy atom. The lowest BCUT2D eigenvalue weighted by Gasteiger charge is -2.35. The van der Waals surface area contributed by atoms with E-state index in [0.29, 0.717) is 0 Å². The zero-order chi connectivity index (χ0) is 16.8. The van der Waals surface area contributed by atoms with Crippen LogP contribution in [0.5, 0.6) is 0 Å². The van der Waals surface area contributed by atoms with Gasteiger partial charge >= 0.3 is 6.09 Å². The van der Waals surface area contributed by atoms with Gasteiger partial charge in [-0.1, -0.05) is 36.4 Å². The number of benzene rings is 1. The van der Waals surface area contributed by atoms with Crippen LogP contribution in [0.25, 0.3) is 0 Å². The van der Waals surface area contributed by atoms with Crippen molar-refractivity contribution in [2.24, 2.45) is 0 Å². The summed E-state index contributed by atoms with van der Waals surface area (Å²) in [5.74, 6) is 0. The normalized spacial score (nSPS) is 14.0. The molecular formula is C17H25NO4. The maximum absolute atomic E-state index is 12.4. The van der Waals surface area contributed by atoms with Crippen molar-refractivity contribution in [2.75, 3.05) is 13.2 Å². The first-order chi connectivity index (χ1) is 10.3. The molecule has 0 fully saturated rings. The molecule has 1 aromatic carbocycles. The number of rotatable bonds is 6. The molecule has 0 aromatic heterocycles. The number of aliphatic hydroxyl groups is 2. The summed E-state index contributed by atoms with van der Waals surface area (Å²) in [5.41, 5.74) is 0.0683. The molecule has 2 N–H and O–H groups in total. The molecule has 5 nitrogen and oxygen atoms in total. The topological polar surface area (TPSA) is 70.0 Å². The van der Waals surface area contributed by atoms with Gasteiger partial charge in [0.05, 0.1) is 12.6 Å². The second kappa shape index (κ2) is 7.96. The van der Waals surface area contributed by atoms with Gasteiger partial charge in [-0.25, -0.2) is 4.79 Å². The molecule has 1 amide bonds. The van der Waals surface area contributed by atoms with Crippen LogP contribution in [0.3, 0.4) is 0 Å². The molecule has 0 aliphatic carbocycles. The van der Waals surface area contributed by atoms with Gasteiger partial charge in [0.2, 0.25) is 0 Å². The van der Waals surface area contributed by atoms with Gasteiger partial charge in [0.1, 0.15) is 11.7 Å². The largest absolute Gasteiger partial charge is 0.444 e. The van der Waals surface area contributed by atoms with E-state index in [1.165, 1.54) is 4.90 Å². The molecule has 0 aliphatic rings. The minimum atomic E-state index is -1.12. The quantitative estimate of drug-likeness (QED) is 0.792. The lowest BCUT2D eigenvalue weighted by molar-refractivity contribution is -0.0160. The number of hydrogen-bond donors (Lipinski definition) is 2. The maximum Gasteiger partial charge on any atom is 0.411 e. The Bertz CT molecular complexity index is 481. The van der Waals surface area contributed by atoms with Crippen molar-refractivity contribution in [1.82, 2.24) is 4.90 Å². The molecule has 0 spiro atoms. The predicted octanol–water partition coefficient (Wildman–Crippen LogP) is 2.50. The third kappa shape index (κ3) is 5.16. The van der Waals surface area contributed by atoms with Crippen LogP contribution >= 0.6 is 0 Å². The van der Waals surface area contributed by atoms with Crippen molar-refractivity contribution in [3.63, 3.8) is 0 Å². The van der Waals surface area contributed by atoms with E-state index in [-0.39, 0.29) is 6.54 Å². The molecule has 0 saturated carbocycles. The fourth-order valence-electron chi connectivity index (χ4n) is 2.12. The summed E-state index contributed by atoms with van der Waals surface area (Å²) in [6.07, 6.45) is -0.118. The lowest BCUT2D eigenvalue weighted by Crippen LogP contribution is -2.44. The Morgan fingerprint density at radius 3 is 2.41 bits per heavy atom. The highest BCUT2D eigenvalue weighted by Crippen LogP contribution is 2.26. The van der Waals surface area contributed by atoms with Crippen LogP contribution in [0.2, 0.25) is 0 Å². The third-order valence-corrected chi connectivity index (χ3v) is 2.98. The molecule has 0 radical (unpaired) electrons. The third-order valence-electron chi connectivity index (χ3n) is 2.98. The van der Waals surface area contributed by atoms with E-state index in [0.717, 1.165) is 5.56 Å². The first kappa shape index (κ1) is 18.2. The highest BCUT2D eigenvalue weighted by molar-refractivity contribution is 5.69. The predicted molar refractivity (Wildman–Crippen MR) is 85.4 cm³/mol. The van der Waals surface area contributed by atoms with Crippen LogP contribution in [0.15, 0.2) is 43.0 Å². The van der Waals surface area contributed by atoms with Crippen molar-refractivity contribution in [2.45, 2.75) is 38.5 Å². The van der Waals surface area contributed by atoms with E-state index in [2.05, 4.69) is 6.58 Å². The minimum absolute atomic E-state index is 0.200.